The van der Waals surface area contributed by atoms with E-state index in [-0.39, 0.29) is 18.0 Å². The summed E-state index contributed by atoms with van der Waals surface area (Å²) in [4.78, 5) is 20.3. The molecule has 8 nitrogen and oxygen atoms in total. The molecule has 2 aliphatic heterocycles. The lowest BCUT2D eigenvalue weighted by atomic mass is 10.1. The summed E-state index contributed by atoms with van der Waals surface area (Å²) in [6, 6.07) is 2.17. The van der Waals surface area contributed by atoms with Crippen molar-refractivity contribution in [2.24, 2.45) is 0 Å². The number of carbonyl (C=O) groups excluding carboxylic acids is 1. The Hall–Kier alpha value is -2.77. The summed E-state index contributed by atoms with van der Waals surface area (Å²) in [5, 5.41) is 14.4. The quantitative estimate of drug-likeness (QED) is 0.662. The molecule has 158 valence electrons. The lowest BCUT2D eigenvalue weighted by Gasteiger charge is -2.25. The molecule has 0 aliphatic carbocycles. The lowest BCUT2D eigenvalue weighted by Crippen LogP contribution is -2.32. The molecule has 1 unspecified atom stereocenters. The van der Waals surface area contributed by atoms with Crippen LogP contribution >= 0.6 is 0 Å². The molecule has 30 heavy (non-hydrogen) atoms. The van der Waals surface area contributed by atoms with Crippen LogP contribution in [0.5, 0.6) is 0 Å². The van der Waals surface area contributed by atoms with Gasteiger partial charge in [-0.3, -0.25) is 4.79 Å². The number of rotatable bonds is 3. The summed E-state index contributed by atoms with van der Waals surface area (Å²) in [5.74, 6) is 2.06. The van der Waals surface area contributed by atoms with Crippen LogP contribution in [0, 0.1) is 6.92 Å². The van der Waals surface area contributed by atoms with E-state index in [1.165, 1.54) is 12.8 Å². The highest BCUT2D eigenvalue weighted by Gasteiger charge is 2.35. The minimum absolute atomic E-state index is 0.00895. The molecule has 0 aromatic carbocycles. The van der Waals surface area contributed by atoms with Gasteiger partial charge in [-0.05, 0) is 52.5 Å². The molecule has 0 saturated carbocycles. The SMILES string of the molecule is Cc1nc2c(cnn2C(C)C)cc1C(=O)N1CCCC1c1nnc2n1CCCCC2. The Bertz CT molecular complexity index is 1100. The predicted molar refractivity (Wildman–Crippen MR) is 113 cm³/mol. The van der Waals surface area contributed by atoms with Gasteiger partial charge in [0.2, 0.25) is 0 Å². The van der Waals surface area contributed by atoms with Crippen molar-refractivity contribution in [1.29, 1.82) is 0 Å². The first-order valence-corrected chi connectivity index (χ1v) is 11.1. The summed E-state index contributed by atoms with van der Waals surface area (Å²) in [6.07, 6.45) is 8.25. The van der Waals surface area contributed by atoms with Crippen molar-refractivity contribution in [3.05, 3.63) is 35.2 Å². The van der Waals surface area contributed by atoms with Gasteiger partial charge < -0.3 is 9.47 Å². The Labute approximate surface area is 176 Å². The van der Waals surface area contributed by atoms with Crippen LogP contribution in [0.1, 0.15) is 85.7 Å². The van der Waals surface area contributed by atoms with Gasteiger partial charge in [0.15, 0.2) is 11.5 Å². The van der Waals surface area contributed by atoms with E-state index in [4.69, 9.17) is 4.98 Å². The minimum atomic E-state index is -0.00895. The van der Waals surface area contributed by atoms with Crippen LogP contribution in [0.15, 0.2) is 12.3 Å². The van der Waals surface area contributed by atoms with Gasteiger partial charge in [-0.15, -0.1) is 10.2 Å². The molecule has 2 aliphatic rings. The standard InChI is InChI=1S/C22H29N7O/c1-14(2)29-20-16(13-23-29)12-17(15(3)24-20)22(30)27-11-7-8-18(27)21-26-25-19-9-5-4-6-10-28(19)21/h12-14,18H,4-11H2,1-3H3. The molecule has 3 aromatic heterocycles. The number of amides is 1. The van der Waals surface area contributed by atoms with E-state index in [1.54, 1.807) is 6.20 Å². The van der Waals surface area contributed by atoms with Gasteiger partial charge in [-0.2, -0.15) is 5.10 Å². The molecule has 1 fully saturated rings. The zero-order valence-electron chi connectivity index (χ0n) is 18.0. The van der Waals surface area contributed by atoms with Crippen LogP contribution in [-0.4, -0.2) is 46.9 Å². The number of aryl methyl sites for hydroxylation is 2. The van der Waals surface area contributed by atoms with Crippen LogP contribution < -0.4 is 0 Å². The average molecular weight is 408 g/mol. The Balaban J connectivity index is 1.49. The lowest BCUT2D eigenvalue weighted by molar-refractivity contribution is 0.0726. The molecule has 1 amide bonds. The first-order valence-electron chi connectivity index (χ1n) is 11.1. The first-order chi connectivity index (χ1) is 14.5. The van der Waals surface area contributed by atoms with Gasteiger partial charge in [-0.25, -0.2) is 9.67 Å². The fourth-order valence-electron chi connectivity index (χ4n) is 4.85. The van der Waals surface area contributed by atoms with E-state index in [0.717, 1.165) is 67.1 Å². The Morgan fingerprint density at radius 2 is 2.00 bits per heavy atom. The van der Waals surface area contributed by atoms with Crippen LogP contribution in [0.25, 0.3) is 11.0 Å². The Kier molecular flexibility index (Phi) is 4.79. The molecular weight excluding hydrogens is 378 g/mol. The van der Waals surface area contributed by atoms with Gasteiger partial charge in [0.25, 0.3) is 5.91 Å². The zero-order chi connectivity index (χ0) is 20.8. The summed E-state index contributed by atoms with van der Waals surface area (Å²) in [6.45, 7) is 7.78. The van der Waals surface area contributed by atoms with Crippen LogP contribution in [0.4, 0.5) is 0 Å². The third-order valence-corrected chi connectivity index (χ3v) is 6.43. The van der Waals surface area contributed by atoms with Gasteiger partial charge in [0.1, 0.15) is 5.82 Å². The number of nitrogens with zero attached hydrogens (tertiary/aromatic N) is 7. The molecule has 8 heteroatoms. The maximum absolute atomic E-state index is 13.6. The molecule has 0 N–H and O–H groups in total. The second kappa shape index (κ2) is 7.49. The molecule has 1 atom stereocenters. The minimum Gasteiger partial charge on any atom is -0.328 e. The highest BCUT2D eigenvalue weighted by atomic mass is 16.2. The van der Waals surface area contributed by atoms with Crippen LogP contribution in [0.2, 0.25) is 0 Å². The average Bonchev–Trinajstić information content (AvgIpc) is 3.41. The number of carbonyl (C=O) groups is 1. The third kappa shape index (κ3) is 3.09. The smallest absolute Gasteiger partial charge is 0.256 e. The monoisotopic (exact) mass is 407 g/mol. The largest absolute Gasteiger partial charge is 0.328 e. The van der Waals surface area contributed by atoms with E-state index < -0.39 is 0 Å². The summed E-state index contributed by atoms with van der Waals surface area (Å²) in [5.41, 5.74) is 2.24. The van der Waals surface area contributed by atoms with Gasteiger partial charge in [0.05, 0.1) is 23.5 Å². The van der Waals surface area contributed by atoms with Gasteiger partial charge in [-0.1, -0.05) is 6.42 Å². The first kappa shape index (κ1) is 19.2. The van der Waals surface area contributed by atoms with E-state index >= 15 is 0 Å². The maximum Gasteiger partial charge on any atom is 0.256 e. The van der Waals surface area contributed by atoms with Crippen molar-refractivity contribution in [3.8, 4) is 0 Å². The van der Waals surface area contributed by atoms with E-state index in [2.05, 4.69) is 33.7 Å². The number of hydrogen-bond acceptors (Lipinski definition) is 5. The van der Waals surface area contributed by atoms with Crippen molar-refractivity contribution in [2.75, 3.05) is 6.54 Å². The molecule has 5 heterocycles. The van der Waals surface area contributed by atoms with Crippen molar-refractivity contribution >= 4 is 16.9 Å². The van der Waals surface area contributed by atoms with E-state index in [0.29, 0.717) is 5.56 Å². The molecule has 1 saturated heterocycles. The van der Waals surface area contributed by atoms with Crippen molar-refractivity contribution in [2.45, 2.75) is 77.9 Å². The number of aromatic nitrogens is 6. The highest BCUT2D eigenvalue weighted by molar-refractivity contribution is 5.98. The van der Waals surface area contributed by atoms with E-state index in [9.17, 15) is 4.79 Å². The Morgan fingerprint density at radius 3 is 2.83 bits per heavy atom. The van der Waals surface area contributed by atoms with Crippen molar-refractivity contribution < 1.29 is 4.79 Å². The third-order valence-electron chi connectivity index (χ3n) is 6.43. The zero-order valence-corrected chi connectivity index (χ0v) is 18.0. The number of likely N-dealkylation sites (tertiary alicyclic amines) is 1. The molecular formula is C22H29N7O. The molecule has 5 rings (SSSR count). The molecule has 3 aromatic rings. The number of hydrogen-bond donors (Lipinski definition) is 0. The normalized spacial score (nSPS) is 19.5. The van der Waals surface area contributed by atoms with E-state index in [1.807, 2.05) is 22.6 Å². The predicted octanol–water partition coefficient (Wildman–Crippen LogP) is 3.62. The highest BCUT2D eigenvalue weighted by Crippen LogP contribution is 2.34. The topological polar surface area (TPSA) is 81.7 Å². The summed E-state index contributed by atoms with van der Waals surface area (Å²) >= 11 is 0. The Morgan fingerprint density at radius 1 is 1.13 bits per heavy atom. The number of pyridine rings is 1. The van der Waals surface area contributed by atoms with Gasteiger partial charge in [0, 0.05) is 30.9 Å². The maximum atomic E-state index is 13.6. The fourth-order valence-corrected chi connectivity index (χ4v) is 4.85. The second-order valence-electron chi connectivity index (χ2n) is 8.81. The van der Waals surface area contributed by atoms with Crippen LogP contribution in [-0.2, 0) is 13.0 Å². The summed E-state index contributed by atoms with van der Waals surface area (Å²) in [7, 11) is 0. The second-order valence-corrected chi connectivity index (χ2v) is 8.81. The summed E-state index contributed by atoms with van der Waals surface area (Å²) < 4.78 is 4.17. The molecule has 0 bridgehead atoms. The molecule has 0 spiro atoms. The van der Waals surface area contributed by atoms with Crippen molar-refractivity contribution in [3.63, 3.8) is 0 Å². The van der Waals surface area contributed by atoms with Gasteiger partial charge >= 0.3 is 0 Å². The number of fused-ring (bicyclic) bond motifs is 2. The fraction of sp³-hybridized carbons (Fsp3) is 0.591. The van der Waals surface area contributed by atoms with Crippen molar-refractivity contribution in [1.82, 2.24) is 34.4 Å². The molecule has 0 radical (unpaired) electrons. The van der Waals surface area contributed by atoms with Crippen LogP contribution in [0.3, 0.4) is 0 Å².